The number of rotatable bonds is 9. The third-order valence-corrected chi connectivity index (χ3v) is 26.0. The fourth-order valence-electron chi connectivity index (χ4n) is 20.4. The van der Waals surface area contributed by atoms with Crippen molar-refractivity contribution in [1.82, 2.24) is 0 Å². The van der Waals surface area contributed by atoms with Crippen LogP contribution in [0.5, 0.6) is 23.0 Å². The molecule has 2 aromatic heterocycles. The van der Waals surface area contributed by atoms with Crippen LogP contribution in [0.15, 0.2) is 458 Å². The van der Waals surface area contributed by atoms with Gasteiger partial charge in [-0.15, -0.1) is 0 Å². The lowest BCUT2D eigenvalue weighted by molar-refractivity contribution is 0.436. The number of anilines is 5. The van der Waals surface area contributed by atoms with E-state index in [4.69, 9.17) is 29.9 Å². The highest BCUT2D eigenvalue weighted by Crippen LogP contribution is 2.66. The van der Waals surface area contributed by atoms with E-state index in [0.717, 1.165) is 117 Å². The first-order chi connectivity index (χ1) is 61.9. The van der Waals surface area contributed by atoms with Gasteiger partial charge in [0.05, 0.1) is 10.8 Å². The fourth-order valence-corrected chi connectivity index (χ4v) is 20.6. The van der Waals surface area contributed by atoms with E-state index in [0.29, 0.717) is 0 Å². The molecule has 0 unspecified atom stereocenters. The van der Waals surface area contributed by atoms with E-state index in [1.165, 1.54) is 116 Å². The standard InChI is InChI=1S/C59H37NO2.C30H21NO.C29H17ClO.CH4/c1-2-13-38(14-3-1)39-25-30-42(31-26-39)60(43-32-27-41(28-33-43)46-18-12-24-56-58(46)47-17-6-9-21-53(47)61-56)44-34-36-49-48(37-44)57-45-16-5-4-15-40(45)29-35-52(57)59(49)50-19-7-10-22-54(50)62-55-23-11-8-20-51(55)59;1-2-7-21(8-3-1)22-13-17-24(18-14-22)31-25-19-15-23(16-20-25)26-10-6-12-29-30(26)27-9-4-5-11-28(27)32-29;30-19-14-16-22-21(17-19)28-20-8-2-1-7-18(20)13-15-25(28)29(22)23-9-3-5-11-26(23)31-27-12-6-4-10-24(27)29;/h1-37H;1-20,31H;1-17H;1H4. The molecule has 596 valence electrons. The van der Waals surface area contributed by atoms with Crippen molar-refractivity contribution in [1.29, 1.82) is 0 Å². The molecular formula is C119H79ClN2O4. The number of nitrogens with zero attached hydrogens (tertiary/aromatic N) is 1. The Bertz CT molecular complexity index is 7920. The minimum Gasteiger partial charge on any atom is -0.457 e. The molecule has 26 rings (SSSR count). The van der Waals surface area contributed by atoms with Crippen molar-refractivity contribution in [2.75, 3.05) is 10.2 Å². The summed E-state index contributed by atoms with van der Waals surface area (Å²) in [5.74, 6) is 3.59. The summed E-state index contributed by atoms with van der Waals surface area (Å²) in [6.45, 7) is 0. The highest BCUT2D eigenvalue weighted by atomic mass is 35.5. The third kappa shape index (κ3) is 12.1. The molecule has 2 aliphatic heterocycles. The van der Waals surface area contributed by atoms with Crippen LogP contribution in [-0.4, -0.2) is 0 Å². The first-order valence-electron chi connectivity index (χ1n) is 42.5. The van der Waals surface area contributed by atoms with Crippen molar-refractivity contribution in [3.8, 4) is 89.8 Å². The molecule has 6 nitrogen and oxygen atoms in total. The lowest BCUT2D eigenvalue weighted by Gasteiger charge is -2.39. The van der Waals surface area contributed by atoms with Gasteiger partial charge in [0.1, 0.15) is 45.3 Å². The van der Waals surface area contributed by atoms with E-state index in [2.05, 4.69) is 405 Å². The van der Waals surface area contributed by atoms with Gasteiger partial charge in [0.15, 0.2) is 0 Å². The molecule has 4 aliphatic rings. The maximum Gasteiger partial charge on any atom is 0.136 e. The third-order valence-electron chi connectivity index (χ3n) is 25.8. The van der Waals surface area contributed by atoms with Crippen molar-refractivity contribution in [3.63, 3.8) is 0 Å². The van der Waals surface area contributed by atoms with E-state index < -0.39 is 10.8 Å². The van der Waals surface area contributed by atoms with Gasteiger partial charge in [0, 0.05) is 77.3 Å². The van der Waals surface area contributed by atoms with Gasteiger partial charge in [0.25, 0.3) is 0 Å². The molecule has 2 spiro atoms. The Kier molecular flexibility index (Phi) is 18.2. The van der Waals surface area contributed by atoms with Crippen molar-refractivity contribution < 1.29 is 18.3 Å². The number of ether oxygens (including phenoxy) is 2. The van der Waals surface area contributed by atoms with Crippen LogP contribution in [0.4, 0.5) is 28.4 Å². The minimum atomic E-state index is -0.569. The number of halogens is 1. The normalized spacial score (nSPS) is 12.8. The molecule has 0 atom stereocenters. The molecule has 0 amide bonds. The van der Waals surface area contributed by atoms with Gasteiger partial charge >= 0.3 is 0 Å². The van der Waals surface area contributed by atoms with Gasteiger partial charge in [0.2, 0.25) is 0 Å². The van der Waals surface area contributed by atoms with Crippen LogP contribution in [0.2, 0.25) is 5.02 Å². The van der Waals surface area contributed by atoms with E-state index in [1.54, 1.807) is 0 Å². The van der Waals surface area contributed by atoms with Crippen LogP contribution in [-0.2, 0) is 10.8 Å². The monoisotopic (exact) mass is 1630 g/mol. The van der Waals surface area contributed by atoms with Crippen LogP contribution < -0.4 is 19.7 Å². The molecule has 20 aromatic carbocycles. The zero-order valence-corrected chi connectivity index (χ0v) is 68.4. The largest absolute Gasteiger partial charge is 0.457 e. The van der Waals surface area contributed by atoms with Crippen LogP contribution in [0.25, 0.3) is 132 Å². The highest BCUT2D eigenvalue weighted by molar-refractivity contribution is 6.31. The molecule has 0 radical (unpaired) electrons. The molecule has 126 heavy (non-hydrogen) atoms. The average molecular weight is 1640 g/mol. The molecule has 0 saturated heterocycles. The SMILES string of the molecule is C.Clc1ccc2c(c1)-c1c(ccc3ccccc13)C21c2ccccc2Oc2ccccc21.c1ccc(-c2ccc(N(c3ccc(-c4cccc5oc6ccccc6c45)cc3)c3ccc4c(c3)-c3c(ccc5ccccc35)C43c4ccccc4Oc4ccccc43)cc2)cc1.c1ccc(-c2ccc(Nc3ccc(-c4cccc5oc6ccccc6c45)cc3)cc2)cc1. The first-order valence-corrected chi connectivity index (χ1v) is 42.9. The Balaban J connectivity index is 0.000000120. The van der Waals surface area contributed by atoms with E-state index in [-0.39, 0.29) is 7.43 Å². The second kappa shape index (κ2) is 30.6. The Morgan fingerprint density at radius 1 is 0.230 bits per heavy atom. The molecule has 0 bridgehead atoms. The number of hydrogen-bond donors (Lipinski definition) is 1. The van der Waals surface area contributed by atoms with E-state index >= 15 is 0 Å². The van der Waals surface area contributed by atoms with Crippen LogP contribution in [0.1, 0.15) is 51.9 Å². The number of para-hydroxylation sites is 6. The molecule has 1 N–H and O–H groups in total. The van der Waals surface area contributed by atoms with Gasteiger partial charge in [-0.05, 0) is 232 Å². The summed E-state index contributed by atoms with van der Waals surface area (Å²) < 4.78 is 25.4. The van der Waals surface area contributed by atoms with E-state index in [9.17, 15) is 0 Å². The van der Waals surface area contributed by atoms with Crippen molar-refractivity contribution in [2.45, 2.75) is 18.3 Å². The second-order valence-electron chi connectivity index (χ2n) is 32.5. The molecular weight excluding hydrogens is 1560 g/mol. The van der Waals surface area contributed by atoms with Gasteiger partial charge in [-0.3, -0.25) is 0 Å². The van der Waals surface area contributed by atoms with Crippen molar-refractivity contribution >= 4 is 105 Å². The number of nitrogens with one attached hydrogen (secondary N) is 1. The quantitative estimate of drug-likeness (QED) is 0.155. The summed E-state index contributed by atoms with van der Waals surface area (Å²) in [7, 11) is 0. The number of furan rings is 2. The second-order valence-corrected chi connectivity index (χ2v) is 33.0. The smallest absolute Gasteiger partial charge is 0.136 e. The average Bonchev–Trinajstić information content (AvgIpc) is 1.51. The van der Waals surface area contributed by atoms with Crippen molar-refractivity contribution in [3.05, 3.63) is 498 Å². The first kappa shape index (κ1) is 75.0. The van der Waals surface area contributed by atoms with Gasteiger partial charge in [-0.25, -0.2) is 0 Å². The fraction of sp³-hybridized carbons (Fsp3) is 0.0252. The maximum absolute atomic E-state index is 6.67. The lowest BCUT2D eigenvalue weighted by atomic mass is 9.66. The summed E-state index contributed by atoms with van der Waals surface area (Å²) in [5, 5.41) is 13.8. The number of hydrogen-bond acceptors (Lipinski definition) is 6. The van der Waals surface area contributed by atoms with Crippen LogP contribution in [0.3, 0.4) is 0 Å². The Labute approximate surface area is 735 Å². The number of benzene rings is 20. The van der Waals surface area contributed by atoms with Crippen LogP contribution >= 0.6 is 11.6 Å². The predicted molar refractivity (Wildman–Crippen MR) is 522 cm³/mol. The molecule has 2 aliphatic carbocycles. The Morgan fingerprint density at radius 3 is 1.02 bits per heavy atom. The molecule has 22 aromatic rings. The summed E-state index contributed by atoms with van der Waals surface area (Å²) >= 11 is 6.54. The topological polar surface area (TPSA) is 60.0 Å². The summed E-state index contributed by atoms with van der Waals surface area (Å²) in [6, 6.07) is 159. The van der Waals surface area contributed by atoms with Gasteiger partial charge in [-0.2, -0.15) is 0 Å². The van der Waals surface area contributed by atoms with Gasteiger partial charge in [-0.1, -0.05) is 347 Å². The summed E-state index contributed by atoms with van der Waals surface area (Å²) in [5.41, 5.74) is 32.1. The van der Waals surface area contributed by atoms with Gasteiger partial charge < -0.3 is 28.5 Å². The Hall–Kier alpha value is -16.0. The zero-order valence-electron chi connectivity index (χ0n) is 67.7. The molecule has 4 heterocycles. The molecule has 0 fully saturated rings. The minimum absolute atomic E-state index is 0. The maximum atomic E-state index is 6.67. The van der Waals surface area contributed by atoms with Crippen molar-refractivity contribution in [2.24, 2.45) is 0 Å². The predicted octanol–water partition coefficient (Wildman–Crippen LogP) is 33.3. The molecule has 7 heteroatoms. The Morgan fingerprint density at radius 2 is 0.563 bits per heavy atom. The highest BCUT2D eigenvalue weighted by Gasteiger charge is 2.53. The lowest BCUT2D eigenvalue weighted by Crippen LogP contribution is -2.32. The van der Waals surface area contributed by atoms with Crippen LogP contribution in [0, 0.1) is 0 Å². The van der Waals surface area contributed by atoms with E-state index in [1.807, 2.05) is 54.6 Å². The zero-order chi connectivity index (χ0) is 82.7. The summed E-state index contributed by atoms with van der Waals surface area (Å²) in [6.07, 6.45) is 0. The number of fused-ring (bicyclic) bond motifs is 28. The molecule has 0 saturated carbocycles. The summed E-state index contributed by atoms with van der Waals surface area (Å²) in [4.78, 5) is 2.40.